The molecule has 3 rings (SSSR count). The number of benzene rings is 1. The van der Waals surface area contributed by atoms with Gasteiger partial charge >= 0.3 is 0 Å². The van der Waals surface area contributed by atoms with Crippen molar-refractivity contribution in [3.05, 3.63) is 41.3 Å². The number of nitrogens with zero attached hydrogens (tertiary/aromatic N) is 1. The molecule has 0 fully saturated rings. The van der Waals surface area contributed by atoms with E-state index in [1.54, 1.807) is 31.2 Å². The Bertz CT molecular complexity index is 811. The zero-order chi connectivity index (χ0) is 16.7. The molecule has 8 heteroatoms. The van der Waals surface area contributed by atoms with Crippen LogP contribution >= 0.6 is 0 Å². The van der Waals surface area contributed by atoms with Crippen LogP contribution in [0.5, 0.6) is 5.75 Å². The molecule has 2 aromatic rings. The molecule has 0 bridgehead atoms. The van der Waals surface area contributed by atoms with E-state index < -0.39 is 15.6 Å². The molecule has 1 aromatic carbocycles. The smallest absolute Gasteiger partial charge is 0.246 e. The Morgan fingerprint density at radius 1 is 1.35 bits per heavy atom. The number of fused-ring (bicyclic) bond motifs is 1. The quantitative estimate of drug-likeness (QED) is 0.870. The van der Waals surface area contributed by atoms with E-state index in [9.17, 15) is 13.5 Å². The van der Waals surface area contributed by atoms with E-state index in [4.69, 9.17) is 9.26 Å². The molecule has 1 aromatic heterocycles. The van der Waals surface area contributed by atoms with Gasteiger partial charge in [-0.15, -0.1) is 0 Å². The minimum absolute atomic E-state index is 0.0152. The minimum Gasteiger partial charge on any atom is -0.493 e. The van der Waals surface area contributed by atoms with Crippen molar-refractivity contribution < 1.29 is 22.8 Å². The molecule has 7 nitrogen and oxygen atoms in total. The van der Waals surface area contributed by atoms with Crippen molar-refractivity contribution in [3.63, 3.8) is 0 Å². The van der Waals surface area contributed by atoms with Gasteiger partial charge in [0, 0.05) is 18.5 Å². The molecule has 124 valence electrons. The SMILES string of the molecule is Cc1noc(C)c1S(=O)(=O)NCC1(O)CCOc2ccccc21. The fraction of sp³-hybridized carbons (Fsp3) is 0.400. The summed E-state index contributed by atoms with van der Waals surface area (Å²) in [5.41, 5.74) is -0.456. The van der Waals surface area contributed by atoms with Gasteiger partial charge in [0.1, 0.15) is 21.9 Å². The Labute approximate surface area is 134 Å². The lowest BCUT2D eigenvalue weighted by Gasteiger charge is -2.34. The third-order valence-corrected chi connectivity index (χ3v) is 5.60. The number of rotatable bonds is 4. The van der Waals surface area contributed by atoms with Crippen LogP contribution in [0.2, 0.25) is 0 Å². The van der Waals surface area contributed by atoms with Gasteiger partial charge in [0.25, 0.3) is 0 Å². The highest BCUT2D eigenvalue weighted by atomic mass is 32.2. The van der Waals surface area contributed by atoms with Crippen molar-refractivity contribution in [2.24, 2.45) is 0 Å². The lowest BCUT2D eigenvalue weighted by Crippen LogP contribution is -2.44. The number of nitrogens with one attached hydrogen (secondary N) is 1. The molecular weight excluding hydrogens is 320 g/mol. The zero-order valence-electron chi connectivity index (χ0n) is 12.9. The van der Waals surface area contributed by atoms with Crippen LogP contribution in [0.4, 0.5) is 0 Å². The normalized spacial score (nSPS) is 20.8. The van der Waals surface area contributed by atoms with E-state index in [1.807, 2.05) is 0 Å². The first-order valence-corrected chi connectivity index (χ1v) is 8.69. The Morgan fingerprint density at radius 2 is 2.09 bits per heavy atom. The van der Waals surface area contributed by atoms with Gasteiger partial charge in [-0.2, -0.15) is 0 Å². The van der Waals surface area contributed by atoms with Crippen molar-refractivity contribution in [2.45, 2.75) is 30.8 Å². The molecule has 1 unspecified atom stereocenters. The Balaban J connectivity index is 1.86. The molecule has 1 atom stereocenters. The van der Waals surface area contributed by atoms with Crippen molar-refractivity contribution in [2.75, 3.05) is 13.2 Å². The van der Waals surface area contributed by atoms with Gasteiger partial charge in [-0.05, 0) is 19.9 Å². The molecule has 0 spiro atoms. The molecular formula is C15H18N2O5S. The number of aryl methyl sites for hydroxylation is 2. The van der Waals surface area contributed by atoms with Crippen LogP contribution in [-0.4, -0.2) is 31.8 Å². The monoisotopic (exact) mass is 338 g/mol. The van der Waals surface area contributed by atoms with Crippen LogP contribution in [0.15, 0.2) is 33.7 Å². The second-order valence-electron chi connectivity index (χ2n) is 5.60. The van der Waals surface area contributed by atoms with E-state index in [0.717, 1.165) is 0 Å². The van der Waals surface area contributed by atoms with Gasteiger partial charge in [0.05, 0.1) is 6.61 Å². The summed E-state index contributed by atoms with van der Waals surface area (Å²) in [4.78, 5) is 0.0152. The van der Waals surface area contributed by atoms with Gasteiger partial charge < -0.3 is 14.4 Å². The van der Waals surface area contributed by atoms with Gasteiger partial charge in [-0.3, -0.25) is 0 Å². The summed E-state index contributed by atoms with van der Waals surface area (Å²) in [5.74, 6) is 0.784. The summed E-state index contributed by atoms with van der Waals surface area (Å²) in [5, 5.41) is 14.5. The Morgan fingerprint density at radius 3 is 2.78 bits per heavy atom. The first-order valence-electron chi connectivity index (χ1n) is 7.21. The van der Waals surface area contributed by atoms with Crippen molar-refractivity contribution >= 4 is 10.0 Å². The summed E-state index contributed by atoms with van der Waals surface area (Å²) in [6.07, 6.45) is 0.300. The summed E-state index contributed by atoms with van der Waals surface area (Å²) in [6, 6.07) is 7.07. The van der Waals surface area contributed by atoms with E-state index in [1.165, 1.54) is 6.92 Å². The first kappa shape index (κ1) is 16.0. The Kier molecular flexibility index (Phi) is 3.91. The maximum atomic E-state index is 12.5. The second kappa shape index (κ2) is 5.63. The van der Waals surface area contributed by atoms with Gasteiger partial charge in [0.15, 0.2) is 5.76 Å². The number of sulfonamides is 1. The van der Waals surface area contributed by atoms with Gasteiger partial charge in [-0.25, -0.2) is 13.1 Å². The standard InChI is InChI=1S/C15H18N2O5S/c1-10-14(11(2)22-17-10)23(19,20)16-9-15(18)7-8-21-13-6-4-3-5-12(13)15/h3-6,16,18H,7-9H2,1-2H3. The van der Waals surface area contributed by atoms with Crippen molar-refractivity contribution in [3.8, 4) is 5.75 Å². The highest BCUT2D eigenvalue weighted by Gasteiger charge is 2.37. The third-order valence-electron chi connectivity index (χ3n) is 3.95. The summed E-state index contributed by atoms with van der Waals surface area (Å²) >= 11 is 0. The van der Waals surface area contributed by atoms with Gasteiger partial charge in [-0.1, -0.05) is 23.4 Å². The Hall–Kier alpha value is -1.90. The number of aliphatic hydroxyl groups is 1. The van der Waals surface area contributed by atoms with Crippen LogP contribution in [0.3, 0.4) is 0 Å². The fourth-order valence-electron chi connectivity index (χ4n) is 2.77. The predicted octanol–water partition coefficient (Wildman–Crippen LogP) is 1.24. The lowest BCUT2D eigenvalue weighted by atomic mass is 9.88. The molecule has 0 saturated carbocycles. The maximum Gasteiger partial charge on any atom is 0.246 e. The van der Waals surface area contributed by atoms with Crippen molar-refractivity contribution in [1.29, 1.82) is 0 Å². The van der Waals surface area contributed by atoms with E-state index in [2.05, 4.69) is 9.88 Å². The van der Waals surface area contributed by atoms with Crippen LogP contribution in [0.25, 0.3) is 0 Å². The molecule has 0 saturated heterocycles. The molecule has 0 amide bonds. The van der Waals surface area contributed by atoms with Crippen LogP contribution < -0.4 is 9.46 Å². The number of para-hydroxylation sites is 1. The highest BCUT2D eigenvalue weighted by molar-refractivity contribution is 7.89. The maximum absolute atomic E-state index is 12.5. The van der Waals surface area contributed by atoms with E-state index in [0.29, 0.717) is 24.3 Å². The highest BCUT2D eigenvalue weighted by Crippen LogP contribution is 2.36. The average Bonchev–Trinajstić information content (AvgIpc) is 2.86. The molecule has 1 aliphatic rings. The number of hydrogen-bond donors (Lipinski definition) is 2. The molecule has 0 aliphatic carbocycles. The lowest BCUT2D eigenvalue weighted by molar-refractivity contribution is 0.00218. The molecule has 2 heterocycles. The van der Waals surface area contributed by atoms with E-state index in [-0.39, 0.29) is 22.9 Å². The summed E-state index contributed by atoms with van der Waals surface area (Å²) < 4.78 is 37.8. The topological polar surface area (TPSA) is 102 Å². The number of ether oxygens (including phenoxy) is 1. The third kappa shape index (κ3) is 2.85. The fourth-order valence-corrected chi connectivity index (χ4v) is 4.18. The largest absolute Gasteiger partial charge is 0.493 e. The summed E-state index contributed by atoms with van der Waals surface area (Å²) in [7, 11) is -3.83. The second-order valence-corrected chi connectivity index (χ2v) is 7.31. The van der Waals surface area contributed by atoms with Gasteiger partial charge in [0.2, 0.25) is 10.0 Å². The van der Waals surface area contributed by atoms with Crippen molar-refractivity contribution in [1.82, 2.24) is 9.88 Å². The molecule has 0 radical (unpaired) electrons. The average molecular weight is 338 g/mol. The molecule has 23 heavy (non-hydrogen) atoms. The predicted molar refractivity (Wildman–Crippen MR) is 81.6 cm³/mol. The van der Waals surface area contributed by atoms with Crippen LogP contribution in [-0.2, 0) is 15.6 Å². The first-order chi connectivity index (χ1) is 10.8. The molecule has 2 N–H and O–H groups in total. The number of hydrogen-bond acceptors (Lipinski definition) is 6. The molecule has 1 aliphatic heterocycles. The van der Waals surface area contributed by atoms with Crippen LogP contribution in [0.1, 0.15) is 23.4 Å². The minimum atomic E-state index is -3.83. The van der Waals surface area contributed by atoms with Crippen LogP contribution in [0, 0.1) is 13.8 Å². The number of aromatic nitrogens is 1. The summed E-state index contributed by atoms with van der Waals surface area (Å²) in [6.45, 7) is 3.26. The van der Waals surface area contributed by atoms with E-state index >= 15 is 0 Å². The zero-order valence-corrected chi connectivity index (χ0v) is 13.7.